The molecule has 20 heavy (non-hydrogen) atoms. The topological polar surface area (TPSA) is 47.6 Å². The average molecular weight is 344 g/mol. The number of methoxy groups -OCH3 is 2. The van der Waals surface area contributed by atoms with Crippen LogP contribution in [0.3, 0.4) is 0 Å². The number of nitrogens with one attached hydrogen (secondary N) is 1. The fourth-order valence-corrected chi connectivity index (χ4v) is 2.79. The molecule has 0 aliphatic carbocycles. The highest BCUT2D eigenvalue weighted by atomic mass is 79.9. The van der Waals surface area contributed by atoms with Crippen LogP contribution >= 0.6 is 15.9 Å². The first-order chi connectivity index (χ1) is 9.47. The number of carbonyl (C=O) groups is 1. The first-order valence-electron chi connectivity index (χ1n) is 6.62. The Balaban J connectivity index is 2.64. The summed E-state index contributed by atoms with van der Waals surface area (Å²) in [6.07, 6.45) is 1.02. The van der Waals surface area contributed by atoms with Gasteiger partial charge < -0.3 is 14.8 Å². The van der Waals surface area contributed by atoms with E-state index in [1.807, 2.05) is 0 Å². The van der Waals surface area contributed by atoms with Crippen LogP contribution in [0.25, 0.3) is 0 Å². The average Bonchev–Trinajstić information content (AvgIpc) is 2.43. The second-order valence-electron chi connectivity index (χ2n) is 5.01. The van der Waals surface area contributed by atoms with Gasteiger partial charge in [0.05, 0.1) is 14.2 Å². The molecule has 1 N–H and O–H groups in total. The van der Waals surface area contributed by atoms with Crippen molar-refractivity contribution < 1.29 is 14.3 Å². The minimum atomic E-state index is -0.112. The molecule has 112 valence electrons. The Bertz CT molecular complexity index is 449. The molecular formula is C15H22BrNO3. The fourth-order valence-electron chi connectivity index (χ4n) is 1.88. The molecule has 0 aliphatic heterocycles. The number of hydrogen-bond acceptors (Lipinski definition) is 3. The van der Waals surface area contributed by atoms with Gasteiger partial charge in [0, 0.05) is 16.9 Å². The van der Waals surface area contributed by atoms with Gasteiger partial charge in [-0.05, 0) is 30.5 Å². The molecule has 0 heterocycles. The second kappa shape index (κ2) is 8.15. The van der Waals surface area contributed by atoms with Crippen molar-refractivity contribution in [3.05, 3.63) is 23.8 Å². The van der Waals surface area contributed by atoms with Gasteiger partial charge in [-0.3, -0.25) is 4.79 Å². The van der Waals surface area contributed by atoms with Crippen LogP contribution in [-0.2, 0) is 0 Å². The maximum absolute atomic E-state index is 12.1. The molecule has 5 heteroatoms. The smallest absolute Gasteiger partial charge is 0.251 e. The van der Waals surface area contributed by atoms with E-state index in [4.69, 9.17) is 9.47 Å². The molecule has 0 bridgehead atoms. The lowest BCUT2D eigenvalue weighted by Gasteiger charge is -2.14. The number of rotatable bonds is 7. The first kappa shape index (κ1) is 16.8. The summed E-state index contributed by atoms with van der Waals surface area (Å²) in [6, 6.07) is 5.13. The Morgan fingerprint density at radius 2 is 1.90 bits per heavy atom. The number of benzene rings is 1. The summed E-state index contributed by atoms with van der Waals surface area (Å²) in [7, 11) is 3.12. The number of carbonyl (C=O) groups excluding carboxylic acids is 1. The highest BCUT2D eigenvalue weighted by Gasteiger charge is 2.12. The van der Waals surface area contributed by atoms with Crippen LogP contribution < -0.4 is 14.8 Å². The molecule has 1 rings (SSSR count). The molecule has 4 nitrogen and oxygen atoms in total. The van der Waals surface area contributed by atoms with Crippen molar-refractivity contribution in [2.75, 3.05) is 20.8 Å². The number of alkyl halides is 1. The number of ether oxygens (including phenoxy) is 2. The maximum Gasteiger partial charge on any atom is 0.251 e. The molecule has 1 unspecified atom stereocenters. The van der Waals surface area contributed by atoms with E-state index in [-0.39, 0.29) is 10.7 Å². The molecule has 0 fully saturated rings. The quantitative estimate of drug-likeness (QED) is 0.773. The van der Waals surface area contributed by atoms with Crippen molar-refractivity contribution in [1.82, 2.24) is 5.32 Å². The van der Waals surface area contributed by atoms with E-state index >= 15 is 0 Å². The molecular weight excluding hydrogens is 322 g/mol. The van der Waals surface area contributed by atoms with Crippen LogP contribution in [-0.4, -0.2) is 31.5 Å². The van der Waals surface area contributed by atoms with Gasteiger partial charge in [-0.15, -0.1) is 0 Å². The zero-order chi connectivity index (χ0) is 15.1. The number of hydrogen-bond donors (Lipinski definition) is 1. The van der Waals surface area contributed by atoms with E-state index in [0.717, 1.165) is 6.42 Å². The van der Waals surface area contributed by atoms with Gasteiger partial charge in [0.2, 0.25) is 0 Å². The summed E-state index contributed by atoms with van der Waals surface area (Å²) in [4.78, 5) is 12.4. The molecule has 0 aliphatic rings. The Morgan fingerprint density at radius 1 is 1.25 bits per heavy atom. The second-order valence-corrected chi connectivity index (χ2v) is 6.30. The van der Waals surface area contributed by atoms with E-state index in [2.05, 4.69) is 35.1 Å². The summed E-state index contributed by atoms with van der Waals surface area (Å²) >= 11 is 3.57. The highest BCUT2D eigenvalue weighted by Crippen LogP contribution is 2.27. The van der Waals surface area contributed by atoms with Crippen LogP contribution in [0.4, 0.5) is 0 Å². The number of halogens is 1. The van der Waals surface area contributed by atoms with E-state index in [9.17, 15) is 4.79 Å². The Hall–Kier alpha value is -1.23. The third-order valence-electron chi connectivity index (χ3n) is 2.86. The van der Waals surface area contributed by atoms with Crippen molar-refractivity contribution in [3.63, 3.8) is 0 Å². The van der Waals surface area contributed by atoms with Crippen LogP contribution in [0.15, 0.2) is 18.2 Å². The van der Waals surface area contributed by atoms with E-state index in [1.54, 1.807) is 32.4 Å². The molecule has 0 aromatic heterocycles. The van der Waals surface area contributed by atoms with Crippen molar-refractivity contribution in [2.45, 2.75) is 25.1 Å². The summed E-state index contributed by atoms with van der Waals surface area (Å²) in [5.74, 6) is 1.65. The van der Waals surface area contributed by atoms with Crippen LogP contribution in [0, 0.1) is 5.92 Å². The molecule has 0 radical (unpaired) electrons. The van der Waals surface area contributed by atoms with Gasteiger partial charge in [-0.25, -0.2) is 0 Å². The SMILES string of the molecule is COc1ccc(C(=O)NCC(Br)CC(C)C)cc1OC. The highest BCUT2D eigenvalue weighted by molar-refractivity contribution is 9.09. The Morgan fingerprint density at radius 3 is 2.45 bits per heavy atom. The van der Waals surface area contributed by atoms with Gasteiger partial charge >= 0.3 is 0 Å². The predicted octanol–water partition coefficient (Wildman–Crippen LogP) is 3.24. The summed E-state index contributed by atoms with van der Waals surface area (Å²) in [5.41, 5.74) is 0.562. The summed E-state index contributed by atoms with van der Waals surface area (Å²) in [6.45, 7) is 4.92. The number of amides is 1. The van der Waals surface area contributed by atoms with Gasteiger partial charge in [0.25, 0.3) is 5.91 Å². The zero-order valence-electron chi connectivity index (χ0n) is 12.4. The van der Waals surface area contributed by atoms with Gasteiger partial charge in [-0.1, -0.05) is 29.8 Å². The minimum absolute atomic E-state index is 0.112. The molecule has 0 saturated heterocycles. The normalized spacial score (nSPS) is 12.1. The van der Waals surface area contributed by atoms with Crippen LogP contribution in [0.5, 0.6) is 11.5 Å². The standard InChI is InChI=1S/C15H22BrNO3/c1-10(2)7-12(16)9-17-15(18)11-5-6-13(19-3)14(8-11)20-4/h5-6,8,10,12H,7,9H2,1-4H3,(H,17,18). The van der Waals surface area contributed by atoms with Crippen LogP contribution in [0.2, 0.25) is 0 Å². The first-order valence-corrected chi connectivity index (χ1v) is 7.53. The molecule has 1 amide bonds. The molecule has 1 atom stereocenters. The molecule has 0 saturated carbocycles. The summed E-state index contributed by atoms with van der Waals surface area (Å²) < 4.78 is 10.3. The molecule has 1 aromatic carbocycles. The summed E-state index contributed by atoms with van der Waals surface area (Å²) in [5, 5.41) is 2.91. The third kappa shape index (κ3) is 5.04. The lowest BCUT2D eigenvalue weighted by molar-refractivity contribution is 0.0953. The fraction of sp³-hybridized carbons (Fsp3) is 0.533. The van der Waals surface area contributed by atoms with E-state index in [1.165, 1.54) is 0 Å². The lowest BCUT2D eigenvalue weighted by atomic mass is 10.1. The zero-order valence-corrected chi connectivity index (χ0v) is 14.0. The Labute approximate surface area is 129 Å². The molecule has 0 spiro atoms. The Kier molecular flexibility index (Phi) is 6.85. The van der Waals surface area contributed by atoms with Crippen molar-refractivity contribution >= 4 is 21.8 Å². The van der Waals surface area contributed by atoms with Crippen molar-refractivity contribution in [3.8, 4) is 11.5 Å². The largest absolute Gasteiger partial charge is 0.493 e. The maximum atomic E-state index is 12.1. The van der Waals surface area contributed by atoms with E-state index in [0.29, 0.717) is 29.5 Å². The van der Waals surface area contributed by atoms with E-state index < -0.39 is 0 Å². The molecule has 1 aromatic rings. The van der Waals surface area contributed by atoms with Gasteiger partial charge in [0.15, 0.2) is 11.5 Å². The lowest BCUT2D eigenvalue weighted by Crippen LogP contribution is -2.30. The van der Waals surface area contributed by atoms with Crippen LogP contribution in [0.1, 0.15) is 30.6 Å². The minimum Gasteiger partial charge on any atom is -0.493 e. The van der Waals surface area contributed by atoms with Crippen molar-refractivity contribution in [2.24, 2.45) is 5.92 Å². The third-order valence-corrected chi connectivity index (χ3v) is 3.55. The van der Waals surface area contributed by atoms with Gasteiger partial charge in [-0.2, -0.15) is 0 Å². The monoisotopic (exact) mass is 343 g/mol. The van der Waals surface area contributed by atoms with Gasteiger partial charge in [0.1, 0.15) is 0 Å². The predicted molar refractivity (Wildman–Crippen MR) is 84.0 cm³/mol. The van der Waals surface area contributed by atoms with Crippen molar-refractivity contribution in [1.29, 1.82) is 0 Å².